The highest BCUT2D eigenvalue weighted by molar-refractivity contribution is 9.13. The molecule has 18 heavy (non-hydrogen) atoms. The van der Waals surface area contributed by atoms with E-state index in [1.807, 2.05) is 18.2 Å². The van der Waals surface area contributed by atoms with Crippen molar-refractivity contribution in [1.82, 2.24) is 4.98 Å². The third-order valence-corrected chi connectivity index (χ3v) is 5.79. The van der Waals surface area contributed by atoms with Crippen molar-refractivity contribution in [3.63, 3.8) is 0 Å². The molecular formula is C13H14Br2N2S. The van der Waals surface area contributed by atoms with E-state index < -0.39 is 0 Å². The maximum Gasteiger partial charge on any atom is 0.114 e. The third-order valence-electron chi connectivity index (χ3n) is 2.81. The SMILES string of the molecule is CCc1nc(C(N)c2ccc(Br)c(Br)c2)sc1C. The minimum absolute atomic E-state index is 0.154. The molecule has 96 valence electrons. The molecule has 1 atom stereocenters. The lowest BCUT2D eigenvalue weighted by Crippen LogP contribution is -2.11. The van der Waals surface area contributed by atoms with Crippen LogP contribution < -0.4 is 5.73 Å². The fraction of sp³-hybridized carbons (Fsp3) is 0.308. The molecule has 0 amide bonds. The Labute approximate surface area is 128 Å². The fourth-order valence-corrected chi connectivity index (χ4v) is 3.44. The summed E-state index contributed by atoms with van der Waals surface area (Å²) >= 11 is 8.65. The first kappa shape index (κ1) is 14.2. The summed E-state index contributed by atoms with van der Waals surface area (Å²) in [5.41, 5.74) is 8.51. The summed E-state index contributed by atoms with van der Waals surface area (Å²) in [5.74, 6) is 0. The molecule has 1 aromatic carbocycles. The summed E-state index contributed by atoms with van der Waals surface area (Å²) in [7, 11) is 0. The van der Waals surface area contributed by atoms with Crippen LogP contribution in [0, 0.1) is 6.92 Å². The van der Waals surface area contributed by atoms with Gasteiger partial charge in [-0.1, -0.05) is 13.0 Å². The van der Waals surface area contributed by atoms with E-state index in [0.717, 1.165) is 31.6 Å². The van der Waals surface area contributed by atoms with Crippen LogP contribution >= 0.6 is 43.2 Å². The number of nitrogens with zero attached hydrogens (tertiary/aromatic N) is 1. The minimum Gasteiger partial charge on any atom is -0.318 e. The topological polar surface area (TPSA) is 38.9 Å². The quantitative estimate of drug-likeness (QED) is 0.833. The number of hydrogen-bond acceptors (Lipinski definition) is 3. The van der Waals surface area contributed by atoms with Gasteiger partial charge in [-0.2, -0.15) is 0 Å². The van der Waals surface area contributed by atoms with Gasteiger partial charge in [0.2, 0.25) is 0 Å². The van der Waals surface area contributed by atoms with E-state index in [0.29, 0.717) is 0 Å². The van der Waals surface area contributed by atoms with Gasteiger partial charge in [-0.25, -0.2) is 4.98 Å². The third kappa shape index (κ3) is 2.85. The van der Waals surface area contributed by atoms with Gasteiger partial charge in [-0.3, -0.25) is 0 Å². The van der Waals surface area contributed by atoms with E-state index in [1.54, 1.807) is 11.3 Å². The second-order valence-electron chi connectivity index (χ2n) is 4.06. The van der Waals surface area contributed by atoms with Crippen LogP contribution in [0.25, 0.3) is 0 Å². The Balaban J connectivity index is 2.34. The van der Waals surface area contributed by atoms with Crippen LogP contribution in [0.15, 0.2) is 27.1 Å². The van der Waals surface area contributed by atoms with Gasteiger partial charge in [0.15, 0.2) is 0 Å². The number of benzene rings is 1. The summed E-state index contributed by atoms with van der Waals surface area (Å²) in [6.07, 6.45) is 0.957. The van der Waals surface area contributed by atoms with Gasteiger partial charge in [0, 0.05) is 13.8 Å². The molecule has 0 saturated carbocycles. The summed E-state index contributed by atoms with van der Waals surface area (Å²) in [6, 6.07) is 5.91. The van der Waals surface area contributed by atoms with Crippen molar-refractivity contribution in [2.24, 2.45) is 5.73 Å². The van der Waals surface area contributed by atoms with Crippen molar-refractivity contribution in [3.8, 4) is 0 Å². The van der Waals surface area contributed by atoms with Gasteiger partial charge in [-0.05, 0) is 62.9 Å². The van der Waals surface area contributed by atoms with Crippen LogP contribution in [-0.2, 0) is 6.42 Å². The van der Waals surface area contributed by atoms with Gasteiger partial charge < -0.3 is 5.73 Å². The molecule has 0 aliphatic heterocycles. The lowest BCUT2D eigenvalue weighted by Gasteiger charge is -2.10. The minimum atomic E-state index is -0.154. The van der Waals surface area contributed by atoms with Gasteiger partial charge in [-0.15, -0.1) is 11.3 Å². The van der Waals surface area contributed by atoms with E-state index in [4.69, 9.17) is 5.73 Å². The zero-order valence-electron chi connectivity index (χ0n) is 10.2. The van der Waals surface area contributed by atoms with E-state index in [2.05, 4.69) is 50.7 Å². The number of halogens is 2. The lowest BCUT2D eigenvalue weighted by atomic mass is 10.1. The normalized spacial score (nSPS) is 12.7. The van der Waals surface area contributed by atoms with E-state index in [1.165, 1.54) is 4.88 Å². The number of nitrogens with two attached hydrogens (primary N) is 1. The monoisotopic (exact) mass is 388 g/mol. The van der Waals surface area contributed by atoms with Crippen molar-refractivity contribution in [1.29, 1.82) is 0 Å². The zero-order valence-corrected chi connectivity index (χ0v) is 14.2. The molecule has 0 saturated heterocycles. The Hall–Kier alpha value is -0.230. The average molecular weight is 390 g/mol. The van der Waals surface area contributed by atoms with Gasteiger partial charge in [0.05, 0.1) is 11.7 Å². The Kier molecular flexibility index (Phi) is 4.59. The van der Waals surface area contributed by atoms with Crippen LogP contribution in [0.4, 0.5) is 0 Å². The molecular weight excluding hydrogens is 376 g/mol. The Morgan fingerprint density at radius 3 is 2.61 bits per heavy atom. The first-order valence-corrected chi connectivity index (χ1v) is 8.10. The first-order chi connectivity index (χ1) is 8.52. The molecule has 0 aliphatic carbocycles. The first-order valence-electron chi connectivity index (χ1n) is 5.69. The van der Waals surface area contributed by atoms with E-state index in [-0.39, 0.29) is 6.04 Å². The van der Waals surface area contributed by atoms with Crippen molar-refractivity contribution < 1.29 is 0 Å². The molecule has 5 heteroatoms. The Bertz CT molecular complexity index is 566. The predicted octanol–water partition coefficient (Wildman–Crippen LogP) is 4.59. The molecule has 2 N–H and O–H groups in total. The fourth-order valence-electron chi connectivity index (χ4n) is 1.76. The Morgan fingerprint density at radius 2 is 2.06 bits per heavy atom. The number of hydrogen-bond donors (Lipinski definition) is 1. The maximum atomic E-state index is 6.28. The highest BCUT2D eigenvalue weighted by atomic mass is 79.9. The number of rotatable bonds is 3. The molecule has 0 bridgehead atoms. The van der Waals surface area contributed by atoms with Crippen molar-refractivity contribution in [2.75, 3.05) is 0 Å². The molecule has 2 rings (SSSR count). The average Bonchev–Trinajstić information content (AvgIpc) is 2.73. The summed E-state index contributed by atoms with van der Waals surface area (Å²) in [5, 5.41) is 0.985. The summed E-state index contributed by atoms with van der Waals surface area (Å²) in [4.78, 5) is 5.89. The molecule has 0 radical (unpaired) electrons. The second kappa shape index (κ2) is 5.82. The van der Waals surface area contributed by atoms with Crippen LogP contribution in [0.2, 0.25) is 0 Å². The standard InChI is InChI=1S/C13H14Br2N2S/c1-3-11-7(2)18-13(17-11)12(16)8-4-5-9(14)10(15)6-8/h4-6,12H,3,16H2,1-2H3. The van der Waals surface area contributed by atoms with Crippen molar-refractivity contribution in [3.05, 3.63) is 48.3 Å². The molecule has 1 heterocycles. The highest BCUT2D eigenvalue weighted by Gasteiger charge is 2.16. The lowest BCUT2D eigenvalue weighted by molar-refractivity contribution is 0.843. The van der Waals surface area contributed by atoms with Gasteiger partial charge in [0.1, 0.15) is 5.01 Å². The largest absolute Gasteiger partial charge is 0.318 e. The second-order valence-corrected chi connectivity index (χ2v) is 7.00. The van der Waals surface area contributed by atoms with Crippen LogP contribution in [0.3, 0.4) is 0 Å². The predicted molar refractivity (Wildman–Crippen MR) is 84.1 cm³/mol. The van der Waals surface area contributed by atoms with E-state index in [9.17, 15) is 0 Å². The zero-order chi connectivity index (χ0) is 13.3. The molecule has 0 aliphatic rings. The van der Waals surface area contributed by atoms with Crippen molar-refractivity contribution in [2.45, 2.75) is 26.3 Å². The molecule has 1 aromatic heterocycles. The highest BCUT2D eigenvalue weighted by Crippen LogP contribution is 2.30. The van der Waals surface area contributed by atoms with Crippen LogP contribution in [0.1, 0.15) is 34.1 Å². The molecule has 2 aromatic rings. The molecule has 0 fully saturated rings. The van der Waals surface area contributed by atoms with Crippen LogP contribution in [-0.4, -0.2) is 4.98 Å². The Morgan fingerprint density at radius 1 is 1.33 bits per heavy atom. The number of aromatic nitrogens is 1. The number of aryl methyl sites for hydroxylation is 2. The number of thiazole rings is 1. The maximum absolute atomic E-state index is 6.28. The van der Waals surface area contributed by atoms with Crippen LogP contribution in [0.5, 0.6) is 0 Å². The summed E-state index contributed by atoms with van der Waals surface area (Å²) in [6.45, 7) is 4.22. The van der Waals surface area contributed by atoms with Gasteiger partial charge in [0.25, 0.3) is 0 Å². The van der Waals surface area contributed by atoms with Crippen molar-refractivity contribution >= 4 is 43.2 Å². The molecule has 2 nitrogen and oxygen atoms in total. The molecule has 1 unspecified atom stereocenters. The van der Waals surface area contributed by atoms with Gasteiger partial charge >= 0.3 is 0 Å². The molecule has 0 spiro atoms. The summed E-state index contributed by atoms with van der Waals surface area (Å²) < 4.78 is 2.04. The smallest absolute Gasteiger partial charge is 0.114 e. The van der Waals surface area contributed by atoms with E-state index >= 15 is 0 Å².